The molecule has 0 saturated heterocycles. The van der Waals surface area contributed by atoms with Gasteiger partial charge in [-0.15, -0.1) is 0 Å². The van der Waals surface area contributed by atoms with Crippen molar-refractivity contribution in [3.63, 3.8) is 0 Å². The molecule has 0 aliphatic heterocycles. The first-order valence-electron chi connectivity index (χ1n) is 5.79. The van der Waals surface area contributed by atoms with Crippen molar-refractivity contribution in [2.45, 2.75) is 12.3 Å². The van der Waals surface area contributed by atoms with Crippen LogP contribution in [0.2, 0.25) is 0 Å². The van der Waals surface area contributed by atoms with Gasteiger partial charge in [0.15, 0.2) is 0 Å². The molecule has 4 nitrogen and oxygen atoms in total. The van der Waals surface area contributed by atoms with Gasteiger partial charge < -0.3 is 10.1 Å². The zero-order valence-electron chi connectivity index (χ0n) is 9.73. The Bertz CT molecular complexity index is 654. The summed E-state index contributed by atoms with van der Waals surface area (Å²) in [6, 6.07) is 3.16. The standard InChI is InChI=1S/C13H10F2N2O2/c14-6-1-2-10(15)9(3-6)11-5-16-12(17-11)7-4-8(7)13(18)19/h1-3,5,7-8H,4H2,(H,16,17)(H,18,19). The first-order chi connectivity index (χ1) is 9.06. The summed E-state index contributed by atoms with van der Waals surface area (Å²) in [4.78, 5) is 17.7. The molecule has 98 valence electrons. The predicted octanol–water partition coefficient (Wildman–Crippen LogP) is 2.54. The van der Waals surface area contributed by atoms with Crippen LogP contribution < -0.4 is 0 Å². The molecule has 19 heavy (non-hydrogen) atoms. The summed E-state index contributed by atoms with van der Waals surface area (Å²) < 4.78 is 26.7. The van der Waals surface area contributed by atoms with Crippen molar-refractivity contribution < 1.29 is 18.7 Å². The highest BCUT2D eigenvalue weighted by molar-refractivity contribution is 5.75. The zero-order chi connectivity index (χ0) is 13.6. The molecular weight excluding hydrogens is 254 g/mol. The fourth-order valence-corrected chi connectivity index (χ4v) is 2.14. The highest BCUT2D eigenvalue weighted by Crippen LogP contribution is 2.46. The smallest absolute Gasteiger partial charge is 0.307 e. The van der Waals surface area contributed by atoms with Crippen LogP contribution in [0.25, 0.3) is 11.3 Å². The number of hydrogen-bond acceptors (Lipinski definition) is 2. The lowest BCUT2D eigenvalue weighted by molar-refractivity contribution is -0.138. The van der Waals surface area contributed by atoms with Gasteiger partial charge in [0.1, 0.15) is 17.5 Å². The second-order valence-electron chi connectivity index (χ2n) is 4.59. The van der Waals surface area contributed by atoms with Gasteiger partial charge in [-0.1, -0.05) is 0 Å². The summed E-state index contributed by atoms with van der Waals surface area (Å²) in [7, 11) is 0. The van der Waals surface area contributed by atoms with Crippen molar-refractivity contribution in [1.29, 1.82) is 0 Å². The van der Waals surface area contributed by atoms with E-state index in [-0.39, 0.29) is 11.5 Å². The van der Waals surface area contributed by atoms with Crippen LogP contribution in [0.4, 0.5) is 8.78 Å². The Kier molecular flexibility index (Phi) is 2.58. The molecule has 0 radical (unpaired) electrons. The molecule has 0 amide bonds. The zero-order valence-corrected chi connectivity index (χ0v) is 9.73. The molecule has 0 bridgehead atoms. The van der Waals surface area contributed by atoms with Gasteiger partial charge in [-0.25, -0.2) is 13.8 Å². The van der Waals surface area contributed by atoms with Crippen LogP contribution in [-0.4, -0.2) is 21.0 Å². The molecule has 1 heterocycles. The average molecular weight is 264 g/mol. The predicted molar refractivity (Wildman–Crippen MR) is 62.4 cm³/mol. The van der Waals surface area contributed by atoms with Crippen molar-refractivity contribution >= 4 is 5.97 Å². The van der Waals surface area contributed by atoms with Crippen LogP contribution in [0.15, 0.2) is 24.4 Å². The van der Waals surface area contributed by atoms with Crippen LogP contribution in [0, 0.1) is 17.6 Å². The van der Waals surface area contributed by atoms with E-state index >= 15 is 0 Å². The Hall–Kier alpha value is -2.24. The number of carboxylic acid groups (broad SMARTS) is 1. The molecule has 0 spiro atoms. The van der Waals surface area contributed by atoms with Crippen molar-refractivity contribution in [3.8, 4) is 11.3 Å². The number of nitrogens with zero attached hydrogens (tertiary/aromatic N) is 1. The normalized spacial score (nSPS) is 21.4. The fourth-order valence-electron chi connectivity index (χ4n) is 2.14. The van der Waals surface area contributed by atoms with Crippen LogP contribution in [0.5, 0.6) is 0 Å². The van der Waals surface area contributed by atoms with Crippen molar-refractivity contribution in [1.82, 2.24) is 9.97 Å². The van der Waals surface area contributed by atoms with Crippen LogP contribution >= 0.6 is 0 Å². The third-order valence-electron chi connectivity index (χ3n) is 3.27. The average Bonchev–Trinajstić information content (AvgIpc) is 3.04. The maximum Gasteiger partial charge on any atom is 0.307 e. The summed E-state index contributed by atoms with van der Waals surface area (Å²) in [5.74, 6) is -2.05. The van der Waals surface area contributed by atoms with E-state index < -0.39 is 23.5 Å². The van der Waals surface area contributed by atoms with Gasteiger partial charge in [-0.05, 0) is 24.6 Å². The number of halogens is 2. The summed E-state index contributed by atoms with van der Waals surface area (Å²) in [6.45, 7) is 0. The molecular formula is C13H10F2N2O2. The molecule has 1 aliphatic rings. The van der Waals surface area contributed by atoms with Crippen LogP contribution in [0.1, 0.15) is 18.2 Å². The first kappa shape index (κ1) is 11.8. The Morgan fingerprint density at radius 3 is 2.89 bits per heavy atom. The molecule has 1 saturated carbocycles. The molecule has 2 aromatic rings. The van der Waals surface area contributed by atoms with Gasteiger partial charge in [-0.2, -0.15) is 0 Å². The maximum absolute atomic E-state index is 13.6. The number of H-pyrrole nitrogens is 1. The minimum absolute atomic E-state index is 0.0891. The molecule has 1 aromatic carbocycles. The van der Waals surface area contributed by atoms with E-state index in [1.54, 1.807) is 0 Å². The van der Waals surface area contributed by atoms with Gasteiger partial charge in [0, 0.05) is 11.5 Å². The monoisotopic (exact) mass is 264 g/mol. The number of rotatable bonds is 3. The second kappa shape index (κ2) is 4.15. The number of imidazole rings is 1. The van der Waals surface area contributed by atoms with E-state index in [0.717, 1.165) is 18.2 Å². The Morgan fingerprint density at radius 1 is 1.42 bits per heavy atom. The maximum atomic E-state index is 13.6. The van der Waals surface area contributed by atoms with E-state index in [9.17, 15) is 13.6 Å². The lowest BCUT2D eigenvalue weighted by atomic mass is 10.1. The SMILES string of the molecule is O=C(O)C1CC1c1ncc(-c2cc(F)ccc2F)[nH]1. The summed E-state index contributed by atoms with van der Waals surface area (Å²) in [6.07, 6.45) is 1.92. The largest absolute Gasteiger partial charge is 0.481 e. The number of benzene rings is 1. The van der Waals surface area contributed by atoms with Gasteiger partial charge >= 0.3 is 5.97 Å². The highest BCUT2D eigenvalue weighted by atomic mass is 19.1. The number of carbonyl (C=O) groups is 1. The molecule has 6 heteroatoms. The van der Waals surface area contributed by atoms with Crippen LogP contribution in [0.3, 0.4) is 0 Å². The summed E-state index contributed by atoms with van der Waals surface area (Å²) in [5.41, 5.74) is 0.439. The van der Waals surface area contributed by atoms with E-state index in [1.165, 1.54) is 6.20 Å². The molecule has 3 rings (SSSR count). The van der Waals surface area contributed by atoms with Crippen molar-refractivity contribution in [2.24, 2.45) is 5.92 Å². The molecule has 1 aliphatic carbocycles. The van der Waals surface area contributed by atoms with Gasteiger partial charge in [0.25, 0.3) is 0 Å². The van der Waals surface area contributed by atoms with E-state index in [2.05, 4.69) is 9.97 Å². The lowest BCUT2D eigenvalue weighted by Crippen LogP contribution is -1.99. The van der Waals surface area contributed by atoms with E-state index in [4.69, 9.17) is 5.11 Å². The van der Waals surface area contributed by atoms with Crippen molar-refractivity contribution in [2.75, 3.05) is 0 Å². The van der Waals surface area contributed by atoms with Crippen molar-refractivity contribution in [3.05, 3.63) is 41.9 Å². The Balaban J connectivity index is 1.90. The lowest BCUT2D eigenvalue weighted by Gasteiger charge is -2.00. The fraction of sp³-hybridized carbons (Fsp3) is 0.231. The number of carboxylic acids is 1. The van der Waals surface area contributed by atoms with E-state index in [0.29, 0.717) is 17.9 Å². The number of aliphatic carboxylic acids is 1. The van der Waals surface area contributed by atoms with E-state index in [1.807, 2.05) is 0 Å². The van der Waals surface area contributed by atoms with Gasteiger partial charge in [-0.3, -0.25) is 4.79 Å². The summed E-state index contributed by atoms with van der Waals surface area (Å²) in [5, 5.41) is 8.84. The first-order valence-corrected chi connectivity index (χ1v) is 5.79. The number of aromatic nitrogens is 2. The topological polar surface area (TPSA) is 66.0 Å². The molecule has 2 N–H and O–H groups in total. The third kappa shape index (κ3) is 2.09. The second-order valence-corrected chi connectivity index (χ2v) is 4.59. The van der Waals surface area contributed by atoms with Gasteiger partial charge in [0.05, 0.1) is 17.8 Å². The molecule has 1 aromatic heterocycles. The number of nitrogens with one attached hydrogen (secondary N) is 1. The summed E-state index contributed by atoms with van der Waals surface area (Å²) >= 11 is 0. The Morgan fingerprint density at radius 2 is 2.21 bits per heavy atom. The van der Waals surface area contributed by atoms with Gasteiger partial charge in [0.2, 0.25) is 0 Å². The minimum atomic E-state index is -0.861. The van der Waals surface area contributed by atoms with Crippen LogP contribution in [-0.2, 0) is 4.79 Å². The third-order valence-corrected chi connectivity index (χ3v) is 3.27. The number of hydrogen-bond donors (Lipinski definition) is 2. The quantitative estimate of drug-likeness (QED) is 0.895. The minimum Gasteiger partial charge on any atom is -0.481 e. The molecule has 2 atom stereocenters. The molecule has 1 fully saturated rings. The number of aromatic amines is 1. The Labute approximate surface area is 107 Å². The highest BCUT2D eigenvalue weighted by Gasteiger charge is 2.46. The molecule has 2 unspecified atom stereocenters.